The number of nitrogens with zero attached hydrogens (tertiary/aromatic N) is 7. The Morgan fingerprint density at radius 3 is 2.42 bits per heavy atom. The molecule has 1 N–H and O–H groups in total. The van der Waals surface area contributed by atoms with Gasteiger partial charge in [-0.15, -0.1) is 10.2 Å². The van der Waals surface area contributed by atoms with Gasteiger partial charge in [0.2, 0.25) is 11.8 Å². The van der Waals surface area contributed by atoms with Crippen LogP contribution in [0.4, 0.5) is 14.7 Å². The number of hydrogen-bond acceptors (Lipinski definition) is 8. The first kappa shape index (κ1) is 22.6. The SMILES string of the molecule is COc1cnc(C(C)C(C)SNc2nnc(-c3ccn(C)n3)n2-c2c(F)cccc2F)cn1. The molecule has 2 atom stereocenters. The number of nitrogens with one attached hydrogen (secondary N) is 1. The molecule has 0 fully saturated rings. The first-order chi connectivity index (χ1) is 15.9. The third-order valence-electron chi connectivity index (χ3n) is 5.13. The number of benzene rings is 1. The van der Waals surface area contributed by atoms with Crippen molar-refractivity contribution in [1.29, 1.82) is 0 Å². The summed E-state index contributed by atoms with van der Waals surface area (Å²) >= 11 is 1.33. The van der Waals surface area contributed by atoms with Crippen molar-refractivity contribution in [1.82, 2.24) is 34.5 Å². The van der Waals surface area contributed by atoms with Crippen molar-refractivity contribution in [3.63, 3.8) is 0 Å². The number of methoxy groups -OCH3 is 1. The molecule has 0 aliphatic rings. The van der Waals surface area contributed by atoms with Crippen LogP contribution in [0.5, 0.6) is 5.88 Å². The van der Waals surface area contributed by atoms with Gasteiger partial charge in [0, 0.05) is 24.4 Å². The summed E-state index contributed by atoms with van der Waals surface area (Å²) in [5, 5.41) is 12.6. The van der Waals surface area contributed by atoms with Crippen molar-refractivity contribution in [2.24, 2.45) is 7.05 Å². The second kappa shape index (κ2) is 9.53. The molecule has 2 unspecified atom stereocenters. The number of hydrogen-bond donors (Lipinski definition) is 1. The van der Waals surface area contributed by atoms with Crippen LogP contribution >= 0.6 is 11.9 Å². The van der Waals surface area contributed by atoms with Gasteiger partial charge in [-0.3, -0.25) is 19.0 Å². The predicted octanol–water partition coefficient (Wildman–Crippen LogP) is 4.00. The summed E-state index contributed by atoms with van der Waals surface area (Å²) in [5.74, 6) is -0.650. The monoisotopic (exact) mass is 472 g/mol. The van der Waals surface area contributed by atoms with E-state index in [1.807, 2.05) is 13.8 Å². The normalized spacial score (nSPS) is 13.0. The largest absolute Gasteiger partial charge is 0.480 e. The third kappa shape index (κ3) is 4.65. The summed E-state index contributed by atoms with van der Waals surface area (Å²) in [6.45, 7) is 4.01. The standard InChI is InChI=1S/C21H22F2N8OS/c1-12(17-10-25-18(32-4)11-24-17)13(2)33-29-21-27-26-20(16-8-9-30(3)28-16)31(21)19-14(22)6-5-7-15(19)23/h5-13H,1-4H3,(H,27,29). The summed E-state index contributed by atoms with van der Waals surface area (Å²) in [5.41, 5.74) is 0.932. The molecular weight excluding hydrogens is 450 g/mol. The van der Waals surface area contributed by atoms with Crippen LogP contribution in [-0.4, -0.2) is 46.9 Å². The molecule has 0 radical (unpaired) electrons. The molecule has 0 bridgehead atoms. The van der Waals surface area contributed by atoms with Gasteiger partial charge in [-0.05, 0) is 30.1 Å². The molecule has 1 aromatic carbocycles. The van der Waals surface area contributed by atoms with Crippen LogP contribution in [0.3, 0.4) is 0 Å². The molecule has 33 heavy (non-hydrogen) atoms. The van der Waals surface area contributed by atoms with Crippen LogP contribution in [0.15, 0.2) is 42.9 Å². The maximum atomic E-state index is 14.7. The van der Waals surface area contributed by atoms with E-state index in [1.54, 1.807) is 36.4 Å². The molecule has 0 amide bonds. The van der Waals surface area contributed by atoms with Gasteiger partial charge in [0.15, 0.2) is 5.82 Å². The van der Waals surface area contributed by atoms with Gasteiger partial charge < -0.3 is 4.74 Å². The third-order valence-corrected chi connectivity index (χ3v) is 6.21. The number of para-hydroxylation sites is 1. The van der Waals surface area contributed by atoms with E-state index in [1.165, 1.54) is 41.8 Å². The Bertz CT molecular complexity index is 1220. The number of anilines is 1. The Kier molecular flexibility index (Phi) is 6.54. The van der Waals surface area contributed by atoms with Gasteiger partial charge in [-0.1, -0.05) is 19.9 Å². The topological polar surface area (TPSA) is 95.6 Å². The fraction of sp³-hybridized carbons (Fsp3) is 0.286. The molecule has 0 aliphatic heterocycles. The van der Waals surface area contributed by atoms with Gasteiger partial charge in [-0.25, -0.2) is 13.8 Å². The summed E-state index contributed by atoms with van der Waals surface area (Å²) in [7, 11) is 3.28. The van der Waals surface area contributed by atoms with Crippen LogP contribution in [0.25, 0.3) is 17.2 Å². The average molecular weight is 473 g/mol. The minimum atomic E-state index is -0.741. The zero-order valence-corrected chi connectivity index (χ0v) is 19.2. The summed E-state index contributed by atoms with van der Waals surface area (Å²) in [6.07, 6.45) is 4.94. The first-order valence-corrected chi connectivity index (χ1v) is 10.9. The molecular formula is C21H22F2N8OS. The van der Waals surface area contributed by atoms with Gasteiger partial charge in [0.25, 0.3) is 0 Å². The lowest BCUT2D eigenvalue weighted by Crippen LogP contribution is -2.14. The summed E-state index contributed by atoms with van der Waals surface area (Å²) < 4.78 is 40.4. The lowest BCUT2D eigenvalue weighted by Gasteiger charge is -2.19. The van der Waals surface area contributed by atoms with Crippen LogP contribution in [0.1, 0.15) is 25.5 Å². The Morgan fingerprint density at radius 1 is 1.06 bits per heavy atom. The maximum absolute atomic E-state index is 14.7. The highest BCUT2D eigenvalue weighted by molar-refractivity contribution is 8.01. The van der Waals surface area contributed by atoms with Crippen molar-refractivity contribution in [3.05, 3.63) is 60.2 Å². The molecule has 172 valence electrons. The minimum Gasteiger partial charge on any atom is -0.480 e. The molecule has 4 rings (SSSR count). The van der Waals surface area contributed by atoms with Crippen molar-refractivity contribution in [3.8, 4) is 23.1 Å². The van der Waals surface area contributed by atoms with E-state index in [0.29, 0.717) is 11.6 Å². The van der Waals surface area contributed by atoms with E-state index in [-0.39, 0.29) is 28.6 Å². The van der Waals surface area contributed by atoms with Crippen molar-refractivity contribution < 1.29 is 13.5 Å². The lowest BCUT2D eigenvalue weighted by molar-refractivity contribution is 0.394. The summed E-state index contributed by atoms with van der Waals surface area (Å²) in [6, 6.07) is 5.37. The molecule has 0 saturated carbocycles. The van der Waals surface area contributed by atoms with Gasteiger partial charge in [0.1, 0.15) is 23.0 Å². The first-order valence-electron chi connectivity index (χ1n) is 10.1. The van der Waals surface area contributed by atoms with E-state index in [2.05, 4.69) is 30.0 Å². The van der Waals surface area contributed by atoms with Crippen LogP contribution in [0.2, 0.25) is 0 Å². The smallest absolute Gasteiger partial charge is 0.239 e. The highest BCUT2D eigenvalue weighted by atomic mass is 32.2. The fourth-order valence-electron chi connectivity index (χ4n) is 3.12. The van der Waals surface area contributed by atoms with Crippen molar-refractivity contribution in [2.45, 2.75) is 25.0 Å². The van der Waals surface area contributed by atoms with E-state index in [0.717, 1.165) is 5.69 Å². The maximum Gasteiger partial charge on any atom is 0.239 e. The molecule has 9 nitrogen and oxygen atoms in total. The molecule has 0 saturated heterocycles. The molecule has 0 aliphatic carbocycles. The number of aromatic nitrogens is 7. The number of rotatable bonds is 8. The summed E-state index contributed by atoms with van der Waals surface area (Å²) in [4.78, 5) is 8.59. The van der Waals surface area contributed by atoms with Crippen LogP contribution in [0, 0.1) is 11.6 Å². The molecule has 3 aromatic heterocycles. The van der Waals surface area contributed by atoms with Gasteiger partial charge in [-0.2, -0.15) is 5.10 Å². The van der Waals surface area contributed by atoms with E-state index in [9.17, 15) is 8.78 Å². The molecule has 3 heterocycles. The van der Waals surface area contributed by atoms with E-state index in [4.69, 9.17) is 4.74 Å². The Balaban J connectivity index is 1.63. The van der Waals surface area contributed by atoms with E-state index < -0.39 is 11.6 Å². The molecule has 4 aromatic rings. The predicted molar refractivity (Wildman–Crippen MR) is 121 cm³/mol. The van der Waals surface area contributed by atoms with Crippen LogP contribution < -0.4 is 9.46 Å². The fourth-order valence-corrected chi connectivity index (χ4v) is 3.89. The second-order valence-electron chi connectivity index (χ2n) is 7.32. The molecule has 12 heteroatoms. The average Bonchev–Trinajstić information content (AvgIpc) is 3.43. The Morgan fingerprint density at radius 2 is 1.82 bits per heavy atom. The Labute approximate surface area is 193 Å². The van der Waals surface area contributed by atoms with Crippen molar-refractivity contribution >= 4 is 17.9 Å². The quantitative estimate of drug-likeness (QED) is 0.385. The highest BCUT2D eigenvalue weighted by Crippen LogP contribution is 2.32. The van der Waals surface area contributed by atoms with Gasteiger partial charge >= 0.3 is 0 Å². The van der Waals surface area contributed by atoms with Crippen molar-refractivity contribution in [2.75, 3.05) is 11.8 Å². The van der Waals surface area contributed by atoms with Gasteiger partial charge in [0.05, 0.1) is 25.2 Å². The number of aryl methyl sites for hydroxylation is 1. The zero-order valence-electron chi connectivity index (χ0n) is 18.4. The highest BCUT2D eigenvalue weighted by Gasteiger charge is 2.24. The van der Waals surface area contributed by atoms with Crippen LogP contribution in [-0.2, 0) is 7.05 Å². The van der Waals surface area contributed by atoms with E-state index >= 15 is 0 Å². The minimum absolute atomic E-state index is 0.00149. The number of halogens is 2. The lowest BCUT2D eigenvalue weighted by atomic mass is 10.1. The Hall–Kier alpha value is -3.54. The number of ether oxygens (including phenoxy) is 1. The second-order valence-corrected chi connectivity index (χ2v) is 8.51. The molecule has 0 spiro atoms. The zero-order chi connectivity index (χ0) is 23.5.